The third-order valence-electron chi connectivity index (χ3n) is 4.21. The van der Waals surface area contributed by atoms with Crippen molar-refractivity contribution in [2.45, 2.75) is 0 Å². The van der Waals surface area contributed by atoms with Crippen molar-refractivity contribution in [3.63, 3.8) is 0 Å². The quantitative estimate of drug-likeness (QED) is 0.313. The molecule has 5 nitrogen and oxygen atoms in total. The molecule has 0 radical (unpaired) electrons. The summed E-state index contributed by atoms with van der Waals surface area (Å²) in [6.45, 7) is 0. The number of rotatable bonds is 4. The molecule has 1 N–H and O–H groups in total. The van der Waals surface area contributed by atoms with Crippen molar-refractivity contribution in [3.05, 3.63) is 88.7 Å². The molecule has 0 aliphatic rings. The van der Waals surface area contributed by atoms with E-state index >= 15 is 0 Å². The lowest BCUT2D eigenvalue weighted by Gasteiger charge is -2.13. The van der Waals surface area contributed by atoms with Crippen molar-refractivity contribution >= 4 is 34.2 Å². The highest BCUT2D eigenvalue weighted by molar-refractivity contribution is 6.30. The van der Waals surface area contributed by atoms with E-state index in [4.69, 9.17) is 16.3 Å². The Bertz CT molecular complexity index is 1330. The van der Waals surface area contributed by atoms with E-state index in [2.05, 4.69) is 15.3 Å². The van der Waals surface area contributed by atoms with Crippen molar-refractivity contribution in [1.29, 1.82) is 0 Å². The highest BCUT2D eigenvalue weighted by Crippen LogP contribution is 2.34. The number of carbonyl (C=O) groups excluding carboxylic acids is 1. The molecular formula is C21H10ClF4N3O2. The van der Waals surface area contributed by atoms with Crippen molar-refractivity contribution in [2.75, 3.05) is 5.32 Å². The molecule has 0 atom stereocenters. The molecule has 0 saturated carbocycles. The van der Waals surface area contributed by atoms with Crippen LogP contribution in [-0.4, -0.2) is 15.9 Å². The predicted molar refractivity (Wildman–Crippen MR) is 105 cm³/mol. The van der Waals surface area contributed by atoms with Gasteiger partial charge in [0.05, 0.1) is 21.7 Å². The zero-order chi connectivity index (χ0) is 22.1. The lowest BCUT2D eigenvalue weighted by Crippen LogP contribution is -2.14. The molecule has 3 aromatic carbocycles. The molecule has 0 aliphatic carbocycles. The molecule has 1 amide bonds. The number of benzene rings is 3. The summed E-state index contributed by atoms with van der Waals surface area (Å²) in [7, 11) is 0. The molecule has 4 aromatic rings. The van der Waals surface area contributed by atoms with E-state index < -0.39 is 40.6 Å². The van der Waals surface area contributed by atoms with E-state index in [0.717, 1.165) is 12.1 Å². The third kappa shape index (κ3) is 4.13. The van der Waals surface area contributed by atoms with Crippen LogP contribution in [0.3, 0.4) is 0 Å². The minimum atomic E-state index is -1.59. The van der Waals surface area contributed by atoms with Crippen LogP contribution in [0.1, 0.15) is 10.4 Å². The lowest BCUT2D eigenvalue weighted by molar-refractivity contribution is 0.102. The second-order valence-corrected chi connectivity index (χ2v) is 6.66. The number of hydrogen-bond acceptors (Lipinski definition) is 4. The van der Waals surface area contributed by atoms with Crippen LogP contribution in [0.5, 0.6) is 11.5 Å². The highest BCUT2D eigenvalue weighted by atomic mass is 35.5. The number of nitrogens with zero attached hydrogens (tertiary/aromatic N) is 2. The van der Waals surface area contributed by atoms with Crippen molar-refractivity contribution in [1.82, 2.24) is 9.97 Å². The molecule has 0 bridgehead atoms. The van der Waals surface area contributed by atoms with Gasteiger partial charge < -0.3 is 10.1 Å². The van der Waals surface area contributed by atoms with E-state index in [1.54, 1.807) is 0 Å². The van der Waals surface area contributed by atoms with Gasteiger partial charge in [-0.1, -0.05) is 11.6 Å². The van der Waals surface area contributed by atoms with Crippen LogP contribution >= 0.6 is 11.6 Å². The average molecular weight is 448 g/mol. The Labute approximate surface area is 177 Å². The smallest absolute Gasteiger partial charge is 0.255 e. The monoisotopic (exact) mass is 447 g/mol. The highest BCUT2D eigenvalue weighted by Gasteiger charge is 2.23. The Morgan fingerprint density at radius 2 is 1.61 bits per heavy atom. The second kappa shape index (κ2) is 8.19. The van der Waals surface area contributed by atoms with Crippen LogP contribution < -0.4 is 10.1 Å². The average Bonchev–Trinajstić information content (AvgIpc) is 2.76. The zero-order valence-electron chi connectivity index (χ0n) is 15.3. The second-order valence-electron chi connectivity index (χ2n) is 6.25. The largest absolute Gasteiger partial charge is 0.451 e. The van der Waals surface area contributed by atoms with E-state index in [9.17, 15) is 22.4 Å². The molecule has 0 saturated heterocycles. The minimum Gasteiger partial charge on any atom is -0.451 e. The van der Waals surface area contributed by atoms with Gasteiger partial charge in [-0.2, -0.15) is 4.39 Å². The van der Waals surface area contributed by atoms with Gasteiger partial charge in [-0.05, 0) is 30.3 Å². The normalized spacial score (nSPS) is 10.9. The summed E-state index contributed by atoms with van der Waals surface area (Å²) in [5.41, 5.74) is -0.00913. The maximum Gasteiger partial charge on any atom is 0.255 e. The van der Waals surface area contributed by atoms with Crippen molar-refractivity contribution < 1.29 is 27.1 Å². The fourth-order valence-electron chi connectivity index (χ4n) is 2.72. The molecule has 31 heavy (non-hydrogen) atoms. The van der Waals surface area contributed by atoms with Crippen molar-refractivity contribution in [2.24, 2.45) is 0 Å². The number of hydrogen-bond donors (Lipinski definition) is 1. The first-order valence-electron chi connectivity index (χ1n) is 8.66. The maximum atomic E-state index is 14.9. The summed E-state index contributed by atoms with van der Waals surface area (Å²) in [6.07, 6.45) is 2.89. The van der Waals surface area contributed by atoms with Gasteiger partial charge >= 0.3 is 0 Å². The van der Waals surface area contributed by atoms with Crippen LogP contribution in [0.15, 0.2) is 54.9 Å². The topological polar surface area (TPSA) is 64.1 Å². The number of halogens is 5. The van der Waals surface area contributed by atoms with Gasteiger partial charge in [-0.3, -0.25) is 14.8 Å². The van der Waals surface area contributed by atoms with Gasteiger partial charge in [0.25, 0.3) is 5.91 Å². The van der Waals surface area contributed by atoms with E-state index in [-0.39, 0.29) is 16.3 Å². The van der Waals surface area contributed by atoms with Crippen molar-refractivity contribution in [3.8, 4) is 11.5 Å². The summed E-state index contributed by atoms with van der Waals surface area (Å²) >= 11 is 5.56. The van der Waals surface area contributed by atoms with Gasteiger partial charge in [0.1, 0.15) is 11.6 Å². The van der Waals surface area contributed by atoms with Crippen LogP contribution in [0.4, 0.5) is 23.2 Å². The van der Waals surface area contributed by atoms with Crippen LogP contribution in [0, 0.1) is 23.3 Å². The fraction of sp³-hybridized carbons (Fsp3) is 0. The molecule has 0 unspecified atom stereocenters. The number of aromatic nitrogens is 2. The molecule has 0 fully saturated rings. The molecule has 4 rings (SSSR count). The van der Waals surface area contributed by atoms with Crippen LogP contribution in [0.2, 0.25) is 5.02 Å². The molecule has 1 heterocycles. The molecule has 0 aliphatic heterocycles. The standard InChI is InChI=1S/C21H10ClF4N3O2/c22-12-3-1-10(7-13(12)23)21(30)29-17-9-14(24)18(25)20(19(17)26)31-11-2-4-15-16(8-11)28-6-5-27-15/h1-9H,(H,29,30). The summed E-state index contributed by atoms with van der Waals surface area (Å²) in [6, 6.07) is 7.83. The number of carbonyl (C=O) groups is 1. The fourth-order valence-corrected chi connectivity index (χ4v) is 2.83. The Morgan fingerprint density at radius 1 is 0.871 bits per heavy atom. The zero-order valence-corrected chi connectivity index (χ0v) is 16.1. The van der Waals surface area contributed by atoms with Gasteiger partial charge in [-0.15, -0.1) is 0 Å². The molecule has 1 aromatic heterocycles. The van der Waals surface area contributed by atoms with E-state index in [0.29, 0.717) is 17.1 Å². The third-order valence-corrected chi connectivity index (χ3v) is 4.51. The number of anilines is 1. The molecule has 0 spiro atoms. The summed E-state index contributed by atoms with van der Waals surface area (Å²) in [5, 5.41) is 1.85. The SMILES string of the molecule is O=C(Nc1cc(F)c(F)c(Oc2ccc3nccnc3c2)c1F)c1ccc(Cl)c(F)c1. The number of amides is 1. The first-order chi connectivity index (χ1) is 14.8. The summed E-state index contributed by atoms with van der Waals surface area (Å²) in [4.78, 5) is 20.4. The first kappa shape index (κ1) is 20.5. The molecule has 10 heteroatoms. The number of nitrogens with one attached hydrogen (secondary N) is 1. The molecule has 156 valence electrons. The molecular weight excluding hydrogens is 438 g/mol. The Morgan fingerprint density at radius 3 is 2.35 bits per heavy atom. The van der Waals surface area contributed by atoms with Gasteiger partial charge in [0.15, 0.2) is 11.6 Å². The lowest BCUT2D eigenvalue weighted by atomic mass is 10.2. The van der Waals surface area contributed by atoms with Crippen LogP contribution in [0.25, 0.3) is 11.0 Å². The predicted octanol–water partition coefficient (Wildman–Crippen LogP) is 5.88. The summed E-state index contributed by atoms with van der Waals surface area (Å²) in [5.74, 6) is -7.35. The maximum absolute atomic E-state index is 14.9. The van der Waals surface area contributed by atoms with Gasteiger partial charge in [0, 0.05) is 30.1 Å². The Hall–Kier alpha value is -3.72. The van der Waals surface area contributed by atoms with E-state index in [1.165, 1.54) is 36.7 Å². The van der Waals surface area contributed by atoms with E-state index in [1.807, 2.05) is 0 Å². The first-order valence-corrected chi connectivity index (χ1v) is 9.04. The van der Waals surface area contributed by atoms with Gasteiger partial charge in [-0.25, -0.2) is 13.2 Å². The number of fused-ring (bicyclic) bond motifs is 1. The Kier molecular flexibility index (Phi) is 5.43. The Balaban J connectivity index is 1.67. The number of ether oxygens (including phenoxy) is 1. The minimum absolute atomic E-state index is 0.0338. The van der Waals surface area contributed by atoms with Crippen LogP contribution in [-0.2, 0) is 0 Å². The summed E-state index contributed by atoms with van der Waals surface area (Å²) < 4.78 is 62.0. The van der Waals surface area contributed by atoms with Gasteiger partial charge in [0.2, 0.25) is 11.6 Å².